The van der Waals surface area contributed by atoms with Crippen molar-refractivity contribution in [2.75, 3.05) is 13.2 Å². The van der Waals surface area contributed by atoms with Crippen molar-refractivity contribution in [3.8, 4) is 11.8 Å². The lowest BCUT2D eigenvalue weighted by molar-refractivity contribution is 0.295. The Hall–Kier alpha value is -1.53. The zero-order chi connectivity index (χ0) is 14.8. The molecule has 110 valence electrons. The molecule has 0 heterocycles. The molecule has 0 bridgehead atoms. The molecule has 0 aliphatic rings. The van der Waals surface area contributed by atoms with Gasteiger partial charge in [-0.25, -0.2) is 0 Å². The molecule has 1 unspecified atom stereocenters. The van der Waals surface area contributed by atoms with Crippen molar-refractivity contribution >= 4 is 0 Å². The Morgan fingerprint density at radius 3 is 2.55 bits per heavy atom. The standard InChI is InChI=1S/C17H26N2O/c1-4-12-19-17(3,14-18)11-5-6-13-20-16-9-7-15(2)8-10-16/h7-10,19H,4-6,11-13H2,1-3H3. The molecule has 1 aromatic carbocycles. The van der Waals surface area contributed by atoms with Gasteiger partial charge in [-0.05, 0) is 58.2 Å². The SMILES string of the molecule is CCCNC(C)(C#N)CCCCOc1ccc(C)cc1. The van der Waals surface area contributed by atoms with E-state index in [0.717, 1.165) is 38.0 Å². The van der Waals surface area contributed by atoms with Crippen LogP contribution in [0.3, 0.4) is 0 Å². The number of benzene rings is 1. The first-order valence-electron chi connectivity index (χ1n) is 7.45. The molecule has 1 atom stereocenters. The molecule has 0 radical (unpaired) electrons. The number of ether oxygens (including phenoxy) is 1. The topological polar surface area (TPSA) is 45.0 Å². The van der Waals surface area contributed by atoms with Crippen LogP contribution in [0.1, 0.15) is 45.1 Å². The molecule has 0 aliphatic heterocycles. The van der Waals surface area contributed by atoms with E-state index >= 15 is 0 Å². The number of hydrogen-bond donors (Lipinski definition) is 1. The van der Waals surface area contributed by atoms with Crippen LogP contribution in [-0.2, 0) is 0 Å². The van der Waals surface area contributed by atoms with E-state index in [9.17, 15) is 5.26 Å². The fourth-order valence-corrected chi connectivity index (χ4v) is 1.99. The summed E-state index contributed by atoms with van der Waals surface area (Å²) in [5, 5.41) is 12.5. The molecule has 20 heavy (non-hydrogen) atoms. The predicted octanol–water partition coefficient (Wildman–Crippen LogP) is 3.83. The minimum absolute atomic E-state index is 0.403. The minimum Gasteiger partial charge on any atom is -0.494 e. The minimum atomic E-state index is -0.403. The van der Waals surface area contributed by atoms with E-state index in [0.29, 0.717) is 6.61 Å². The van der Waals surface area contributed by atoms with Gasteiger partial charge >= 0.3 is 0 Å². The van der Waals surface area contributed by atoms with Crippen molar-refractivity contribution in [2.45, 2.75) is 52.0 Å². The molecular weight excluding hydrogens is 248 g/mol. The molecule has 1 rings (SSSR count). The summed E-state index contributed by atoms with van der Waals surface area (Å²) in [6.45, 7) is 7.75. The summed E-state index contributed by atoms with van der Waals surface area (Å²) in [5.74, 6) is 0.919. The zero-order valence-electron chi connectivity index (χ0n) is 12.9. The largest absolute Gasteiger partial charge is 0.494 e. The predicted molar refractivity (Wildman–Crippen MR) is 82.8 cm³/mol. The van der Waals surface area contributed by atoms with Crippen LogP contribution in [-0.4, -0.2) is 18.7 Å². The molecule has 1 N–H and O–H groups in total. The van der Waals surface area contributed by atoms with Gasteiger partial charge in [0.2, 0.25) is 0 Å². The van der Waals surface area contributed by atoms with E-state index in [2.05, 4.69) is 37.4 Å². The summed E-state index contributed by atoms with van der Waals surface area (Å²) < 4.78 is 5.69. The molecule has 0 saturated heterocycles. The number of unbranched alkanes of at least 4 members (excludes halogenated alkanes) is 1. The van der Waals surface area contributed by atoms with Crippen LogP contribution in [0.15, 0.2) is 24.3 Å². The highest BCUT2D eigenvalue weighted by molar-refractivity contribution is 5.26. The van der Waals surface area contributed by atoms with Crippen LogP contribution in [0, 0.1) is 18.3 Å². The Morgan fingerprint density at radius 2 is 1.95 bits per heavy atom. The second kappa shape index (κ2) is 8.60. The van der Waals surface area contributed by atoms with Gasteiger partial charge in [0.05, 0.1) is 12.7 Å². The molecule has 0 amide bonds. The van der Waals surface area contributed by atoms with Crippen molar-refractivity contribution < 1.29 is 4.74 Å². The Morgan fingerprint density at radius 1 is 1.25 bits per heavy atom. The number of hydrogen-bond acceptors (Lipinski definition) is 3. The van der Waals surface area contributed by atoms with Gasteiger partial charge in [0.25, 0.3) is 0 Å². The molecule has 0 aromatic heterocycles. The average molecular weight is 274 g/mol. The number of nitriles is 1. The van der Waals surface area contributed by atoms with Crippen LogP contribution < -0.4 is 10.1 Å². The molecule has 3 heteroatoms. The molecule has 0 fully saturated rings. The van der Waals surface area contributed by atoms with Crippen molar-refractivity contribution in [3.63, 3.8) is 0 Å². The Bertz CT molecular complexity index is 422. The van der Waals surface area contributed by atoms with Gasteiger partial charge in [-0.3, -0.25) is 5.32 Å². The lowest BCUT2D eigenvalue weighted by Gasteiger charge is -2.22. The fourth-order valence-electron chi connectivity index (χ4n) is 1.99. The maximum Gasteiger partial charge on any atom is 0.119 e. The first-order chi connectivity index (χ1) is 9.59. The van der Waals surface area contributed by atoms with E-state index in [1.165, 1.54) is 5.56 Å². The second-order valence-electron chi connectivity index (χ2n) is 5.49. The molecule has 0 aliphatic carbocycles. The zero-order valence-corrected chi connectivity index (χ0v) is 12.9. The van der Waals surface area contributed by atoms with E-state index in [4.69, 9.17) is 4.74 Å². The van der Waals surface area contributed by atoms with Crippen LogP contribution >= 0.6 is 0 Å². The number of nitrogens with zero attached hydrogens (tertiary/aromatic N) is 1. The second-order valence-corrected chi connectivity index (χ2v) is 5.49. The molecule has 3 nitrogen and oxygen atoms in total. The third-order valence-corrected chi connectivity index (χ3v) is 3.37. The van der Waals surface area contributed by atoms with Gasteiger partial charge in [-0.1, -0.05) is 24.6 Å². The highest BCUT2D eigenvalue weighted by Gasteiger charge is 2.21. The van der Waals surface area contributed by atoms with Gasteiger partial charge in [0.15, 0.2) is 0 Å². The van der Waals surface area contributed by atoms with Gasteiger partial charge in [0, 0.05) is 0 Å². The van der Waals surface area contributed by atoms with Crippen molar-refractivity contribution in [2.24, 2.45) is 0 Å². The van der Waals surface area contributed by atoms with E-state index < -0.39 is 5.54 Å². The molecule has 0 spiro atoms. The third-order valence-electron chi connectivity index (χ3n) is 3.37. The van der Waals surface area contributed by atoms with Crippen molar-refractivity contribution in [1.29, 1.82) is 5.26 Å². The van der Waals surface area contributed by atoms with Crippen molar-refractivity contribution in [1.82, 2.24) is 5.32 Å². The number of rotatable bonds is 9. The monoisotopic (exact) mass is 274 g/mol. The van der Waals surface area contributed by atoms with E-state index in [1.807, 2.05) is 19.1 Å². The quantitative estimate of drug-likeness (QED) is 0.696. The molecular formula is C17H26N2O. The Balaban J connectivity index is 2.21. The first kappa shape index (κ1) is 16.5. The van der Waals surface area contributed by atoms with Gasteiger partial charge in [0.1, 0.15) is 11.3 Å². The lowest BCUT2D eigenvalue weighted by Crippen LogP contribution is -2.41. The average Bonchev–Trinajstić information content (AvgIpc) is 2.47. The summed E-state index contributed by atoms with van der Waals surface area (Å²) in [6, 6.07) is 10.5. The first-order valence-corrected chi connectivity index (χ1v) is 7.45. The van der Waals surface area contributed by atoms with Gasteiger partial charge in [-0.2, -0.15) is 5.26 Å². The Labute approximate surface area is 123 Å². The summed E-state index contributed by atoms with van der Waals surface area (Å²) in [6.07, 6.45) is 3.88. The van der Waals surface area contributed by atoms with Crippen LogP contribution in [0.25, 0.3) is 0 Å². The van der Waals surface area contributed by atoms with Crippen LogP contribution in [0.4, 0.5) is 0 Å². The highest BCUT2D eigenvalue weighted by atomic mass is 16.5. The van der Waals surface area contributed by atoms with Crippen LogP contribution in [0.5, 0.6) is 5.75 Å². The Kier molecular flexibility index (Phi) is 7.11. The molecule has 1 aromatic rings. The third kappa shape index (κ3) is 6.08. The van der Waals surface area contributed by atoms with E-state index in [-0.39, 0.29) is 0 Å². The lowest BCUT2D eigenvalue weighted by atomic mass is 9.96. The molecule has 0 saturated carbocycles. The summed E-state index contributed by atoms with van der Waals surface area (Å²) >= 11 is 0. The number of nitrogens with one attached hydrogen (secondary N) is 1. The van der Waals surface area contributed by atoms with E-state index in [1.54, 1.807) is 0 Å². The van der Waals surface area contributed by atoms with Gasteiger partial charge < -0.3 is 4.74 Å². The number of aryl methyl sites for hydroxylation is 1. The highest BCUT2D eigenvalue weighted by Crippen LogP contribution is 2.15. The van der Waals surface area contributed by atoms with Gasteiger partial charge in [-0.15, -0.1) is 0 Å². The summed E-state index contributed by atoms with van der Waals surface area (Å²) in [7, 11) is 0. The maximum atomic E-state index is 9.23. The summed E-state index contributed by atoms with van der Waals surface area (Å²) in [4.78, 5) is 0. The maximum absolute atomic E-state index is 9.23. The van der Waals surface area contributed by atoms with Crippen LogP contribution in [0.2, 0.25) is 0 Å². The summed E-state index contributed by atoms with van der Waals surface area (Å²) in [5.41, 5.74) is 0.837. The smallest absolute Gasteiger partial charge is 0.119 e. The normalized spacial score (nSPS) is 13.5. The fraction of sp³-hybridized carbons (Fsp3) is 0.588. The van der Waals surface area contributed by atoms with Crippen molar-refractivity contribution in [3.05, 3.63) is 29.8 Å².